The van der Waals surface area contributed by atoms with Crippen molar-refractivity contribution in [3.8, 4) is 0 Å². The van der Waals surface area contributed by atoms with Gasteiger partial charge in [-0.1, -0.05) is 18.2 Å². The molecule has 1 aromatic rings. The molecule has 6 heteroatoms. The van der Waals surface area contributed by atoms with Gasteiger partial charge in [0.25, 0.3) is 5.69 Å². The van der Waals surface area contributed by atoms with E-state index in [2.05, 4.69) is 17.3 Å². The molecule has 1 fully saturated rings. The summed E-state index contributed by atoms with van der Waals surface area (Å²) in [5.74, 6) is 0. The van der Waals surface area contributed by atoms with Crippen LogP contribution in [0, 0.1) is 10.1 Å². The van der Waals surface area contributed by atoms with E-state index in [0.29, 0.717) is 12.1 Å². The van der Waals surface area contributed by atoms with Gasteiger partial charge in [0, 0.05) is 37.3 Å². The minimum absolute atomic E-state index is 0.0765. The van der Waals surface area contributed by atoms with E-state index in [1.165, 1.54) is 0 Å². The van der Waals surface area contributed by atoms with Crippen LogP contribution in [0.1, 0.15) is 18.5 Å². The fourth-order valence-corrected chi connectivity index (χ4v) is 2.43. The molecule has 20 heavy (non-hydrogen) atoms. The van der Waals surface area contributed by atoms with Gasteiger partial charge >= 0.3 is 0 Å². The number of rotatable bonds is 5. The largest absolute Gasteiger partial charge is 0.374 e. The van der Waals surface area contributed by atoms with Crippen LogP contribution in [0.15, 0.2) is 24.3 Å². The van der Waals surface area contributed by atoms with E-state index in [0.717, 1.165) is 19.7 Å². The minimum Gasteiger partial charge on any atom is -0.374 e. The predicted octanol–water partition coefficient (Wildman–Crippen LogP) is 1.58. The molecule has 6 nitrogen and oxygen atoms in total. The number of likely N-dealkylation sites (N-methyl/N-ethyl adjacent to an activating group) is 1. The average molecular weight is 279 g/mol. The van der Waals surface area contributed by atoms with E-state index < -0.39 is 0 Å². The van der Waals surface area contributed by atoms with Gasteiger partial charge in [0.05, 0.1) is 17.6 Å². The third kappa shape index (κ3) is 3.75. The van der Waals surface area contributed by atoms with Crippen molar-refractivity contribution in [2.24, 2.45) is 0 Å². The zero-order chi connectivity index (χ0) is 14.5. The second kappa shape index (κ2) is 6.78. The number of hydrogen-bond acceptors (Lipinski definition) is 5. The van der Waals surface area contributed by atoms with E-state index in [1.54, 1.807) is 18.2 Å². The standard InChI is InChI=1S/C14H21N3O3/c1-11(13-5-3-4-6-14(13)17(18)19)15-9-12-10-16(2)7-8-20-12/h3-6,11-12,15H,7-10H2,1-2H3. The van der Waals surface area contributed by atoms with Crippen molar-refractivity contribution in [3.05, 3.63) is 39.9 Å². The summed E-state index contributed by atoms with van der Waals surface area (Å²) in [6, 6.07) is 6.77. The van der Waals surface area contributed by atoms with Crippen molar-refractivity contribution in [1.29, 1.82) is 0 Å². The Morgan fingerprint density at radius 2 is 2.30 bits per heavy atom. The molecule has 1 saturated heterocycles. The lowest BCUT2D eigenvalue weighted by Gasteiger charge is -2.31. The van der Waals surface area contributed by atoms with E-state index in [9.17, 15) is 10.1 Å². The van der Waals surface area contributed by atoms with Crippen molar-refractivity contribution < 1.29 is 9.66 Å². The van der Waals surface area contributed by atoms with Crippen LogP contribution in [0.5, 0.6) is 0 Å². The minimum atomic E-state index is -0.335. The number of ether oxygens (including phenoxy) is 1. The van der Waals surface area contributed by atoms with Crippen molar-refractivity contribution >= 4 is 5.69 Å². The number of para-hydroxylation sites is 1. The van der Waals surface area contributed by atoms with Gasteiger partial charge in [-0.15, -0.1) is 0 Å². The van der Waals surface area contributed by atoms with Crippen LogP contribution in [0.2, 0.25) is 0 Å². The van der Waals surface area contributed by atoms with Gasteiger partial charge in [0.2, 0.25) is 0 Å². The van der Waals surface area contributed by atoms with Gasteiger partial charge in [-0.3, -0.25) is 10.1 Å². The van der Waals surface area contributed by atoms with Gasteiger partial charge in [-0.05, 0) is 14.0 Å². The summed E-state index contributed by atoms with van der Waals surface area (Å²) < 4.78 is 5.67. The van der Waals surface area contributed by atoms with Crippen molar-refractivity contribution in [2.75, 3.05) is 33.3 Å². The summed E-state index contributed by atoms with van der Waals surface area (Å²) in [4.78, 5) is 12.9. The predicted molar refractivity (Wildman–Crippen MR) is 76.8 cm³/mol. The summed E-state index contributed by atoms with van der Waals surface area (Å²) in [6.07, 6.45) is 0.138. The second-order valence-electron chi connectivity index (χ2n) is 5.20. The van der Waals surface area contributed by atoms with Gasteiger partial charge < -0.3 is 15.0 Å². The van der Waals surface area contributed by atoms with Crippen LogP contribution in [0.25, 0.3) is 0 Å². The highest BCUT2D eigenvalue weighted by atomic mass is 16.6. The number of nitro benzene ring substituents is 1. The molecule has 1 aliphatic heterocycles. The smallest absolute Gasteiger partial charge is 0.274 e. The molecule has 1 aliphatic rings. The Morgan fingerprint density at radius 3 is 3.00 bits per heavy atom. The Balaban J connectivity index is 1.95. The van der Waals surface area contributed by atoms with Gasteiger partial charge in [-0.2, -0.15) is 0 Å². The summed E-state index contributed by atoms with van der Waals surface area (Å²) >= 11 is 0. The maximum Gasteiger partial charge on any atom is 0.274 e. The molecule has 0 aliphatic carbocycles. The number of nitrogens with one attached hydrogen (secondary N) is 1. The monoisotopic (exact) mass is 279 g/mol. The first-order chi connectivity index (χ1) is 9.58. The second-order valence-corrected chi connectivity index (χ2v) is 5.20. The molecule has 1 heterocycles. The highest BCUT2D eigenvalue weighted by Gasteiger charge is 2.21. The molecular formula is C14H21N3O3. The van der Waals surface area contributed by atoms with Crippen LogP contribution in [0.4, 0.5) is 5.69 Å². The first-order valence-electron chi connectivity index (χ1n) is 6.84. The molecule has 1 N–H and O–H groups in total. The maximum atomic E-state index is 11.0. The average Bonchev–Trinajstić information content (AvgIpc) is 2.45. The number of morpholine rings is 1. The summed E-state index contributed by atoms with van der Waals surface area (Å²) in [6.45, 7) is 5.21. The molecule has 0 bridgehead atoms. The van der Waals surface area contributed by atoms with Crippen LogP contribution in [0.3, 0.4) is 0 Å². The Hall–Kier alpha value is -1.50. The Kier molecular flexibility index (Phi) is 5.05. The molecule has 0 saturated carbocycles. The van der Waals surface area contributed by atoms with E-state index in [1.807, 2.05) is 13.0 Å². The first kappa shape index (κ1) is 14.9. The van der Waals surface area contributed by atoms with Crippen molar-refractivity contribution in [1.82, 2.24) is 10.2 Å². The number of nitrogens with zero attached hydrogens (tertiary/aromatic N) is 2. The van der Waals surface area contributed by atoms with Crippen molar-refractivity contribution in [2.45, 2.75) is 19.1 Å². The van der Waals surface area contributed by atoms with E-state index in [4.69, 9.17) is 4.74 Å². The fraction of sp³-hybridized carbons (Fsp3) is 0.571. The summed E-state index contributed by atoms with van der Waals surface area (Å²) in [7, 11) is 2.07. The zero-order valence-corrected chi connectivity index (χ0v) is 11.9. The molecule has 0 radical (unpaired) electrons. The van der Waals surface area contributed by atoms with Crippen LogP contribution in [-0.2, 0) is 4.74 Å². The lowest BCUT2D eigenvalue weighted by molar-refractivity contribution is -0.385. The molecule has 110 valence electrons. The highest BCUT2D eigenvalue weighted by Crippen LogP contribution is 2.24. The van der Waals surface area contributed by atoms with Crippen LogP contribution >= 0.6 is 0 Å². The summed E-state index contributed by atoms with van der Waals surface area (Å²) in [5, 5.41) is 14.3. The van der Waals surface area contributed by atoms with Gasteiger partial charge in [0.1, 0.15) is 0 Å². The van der Waals surface area contributed by atoms with Gasteiger partial charge in [-0.25, -0.2) is 0 Å². The third-order valence-electron chi connectivity index (χ3n) is 3.59. The number of benzene rings is 1. The molecule has 0 amide bonds. The Labute approximate surface area is 118 Å². The molecular weight excluding hydrogens is 258 g/mol. The zero-order valence-electron chi connectivity index (χ0n) is 11.9. The lowest BCUT2D eigenvalue weighted by Crippen LogP contribution is -2.45. The van der Waals surface area contributed by atoms with E-state index in [-0.39, 0.29) is 22.8 Å². The molecule has 2 rings (SSSR count). The SMILES string of the molecule is CC(NCC1CN(C)CCO1)c1ccccc1[N+](=O)[O-]. The molecule has 0 aromatic heterocycles. The number of hydrogen-bond donors (Lipinski definition) is 1. The van der Waals surface area contributed by atoms with Crippen molar-refractivity contribution in [3.63, 3.8) is 0 Å². The fourth-order valence-electron chi connectivity index (χ4n) is 2.43. The molecule has 2 unspecified atom stereocenters. The topological polar surface area (TPSA) is 67.6 Å². The van der Waals surface area contributed by atoms with Crippen LogP contribution in [-0.4, -0.2) is 49.2 Å². The Bertz CT molecular complexity index is 467. The molecule has 1 aromatic carbocycles. The maximum absolute atomic E-state index is 11.0. The quantitative estimate of drug-likeness (QED) is 0.654. The van der Waals surface area contributed by atoms with Gasteiger partial charge in [0.15, 0.2) is 0 Å². The molecule has 2 atom stereocenters. The third-order valence-corrected chi connectivity index (χ3v) is 3.59. The lowest BCUT2D eigenvalue weighted by atomic mass is 10.1. The molecule has 0 spiro atoms. The van der Waals surface area contributed by atoms with Crippen LogP contribution < -0.4 is 5.32 Å². The van der Waals surface area contributed by atoms with E-state index >= 15 is 0 Å². The first-order valence-corrected chi connectivity index (χ1v) is 6.84. The number of nitro groups is 1. The normalized spacial score (nSPS) is 21.6. The summed E-state index contributed by atoms with van der Waals surface area (Å²) in [5.41, 5.74) is 0.871. The Morgan fingerprint density at radius 1 is 1.55 bits per heavy atom. The highest BCUT2D eigenvalue weighted by molar-refractivity contribution is 5.41.